The highest BCUT2D eigenvalue weighted by Gasteiger charge is 2.26. The van der Waals surface area contributed by atoms with Crippen LogP contribution < -0.4 is 5.32 Å². The second kappa shape index (κ2) is 6.65. The summed E-state index contributed by atoms with van der Waals surface area (Å²) in [5, 5.41) is 22.1. The number of aliphatic carboxylic acids is 1. The highest BCUT2D eigenvalue weighted by Crippen LogP contribution is 2.14. The van der Waals surface area contributed by atoms with E-state index >= 15 is 0 Å². The molecule has 0 aromatic heterocycles. The van der Waals surface area contributed by atoms with E-state index in [1.54, 1.807) is 6.92 Å². The first-order chi connectivity index (χ1) is 9.36. The van der Waals surface area contributed by atoms with Gasteiger partial charge in [0.05, 0.1) is 4.92 Å². The van der Waals surface area contributed by atoms with Crippen LogP contribution in [0.3, 0.4) is 0 Å². The van der Waals surface area contributed by atoms with Crippen LogP contribution in [0.5, 0.6) is 0 Å². The van der Waals surface area contributed by atoms with Crippen molar-refractivity contribution in [3.8, 4) is 0 Å². The smallest absolute Gasteiger partial charge is 0.326 e. The quantitative estimate of drug-likeness (QED) is 0.610. The monoisotopic (exact) mass is 280 g/mol. The fourth-order valence-corrected chi connectivity index (χ4v) is 1.67. The molecule has 0 saturated carbocycles. The number of nitro benzene ring substituents is 1. The summed E-state index contributed by atoms with van der Waals surface area (Å²) in [4.78, 5) is 33.1. The van der Waals surface area contributed by atoms with Crippen molar-refractivity contribution in [2.75, 3.05) is 0 Å². The lowest BCUT2D eigenvalue weighted by atomic mass is 9.99. The van der Waals surface area contributed by atoms with E-state index in [0.717, 1.165) is 6.07 Å². The van der Waals surface area contributed by atoms with Crippen LogP contribution in [-0.2, 0) is 4.79 Å². The number of nitrogens with zero attached hydrogens (tertiary/aromatic N) is 1. The van der Waals surface area contributed by atoms with Crippen LogP contribution in [0.15, 0.2) is 24.3 Å². The van der Waals surface area contributed by atoms with Crippen molar-refractivity contribution in [2.45, 2.75) is 26.3 Å². The Morgan fingerprint density at radius 2 is 2.10 bits per heavy atom. The molecule has 2 N–H and O–H groups in total. The minimum atomic E-state index is -1.13. The zero-order chi connectivity index (χ0) is 15.3. The molecule has 0 radical (unpaired) electrons. The molecule has 1 aromatic rings. The van der Waals surface area contributed by atoms with E-state index in [0.29, 0.717) is 6.42 Å². The average Bonchev–Trinajstić information content (AvgIpc) is 2.43. The Kier molecular flexibility index (Phi) is 5.19. The number of hydrogen-bond donors (Lipinski definition) is 2. The van der Waals surface area contributed by atoms with Gasteiger partial charge in [-0.15, -0.1) is 0 Å². The Labute approximate surface area is 115 Å². The van der Waals surface area contributed by atoms with Crippen LogP contribution >= 0.6 is 0 Å². The van der Waals surface area contributed by atoms with Crippen LogP contribution in [0.4, 0.5) is 5.69 Å². The first kappa shape index (κ1) is 15.6. The molecule has 1 rings (SSSR count). The fourth-order valence-electron chi connectivity index (χ4n) is 1.67. The van der Waals surface area contributed by atoms with Gasteiger partial charge < -0.3 is 10.4 Å². The number of non-ortho nitro benzene ring substituents is 1. The van der Waals surface area contributed by atoms with E-state index in [4.69, 9.17) is 5.11 Å². The van der Waals surface area contributed by atoms with Gasteiger partial charge in [-0.05, 0) is 12.0 Å². The minimum Gasteiger partial charge on any atom is -0.480 e. The van der Waals surface area contributed by atoms with Gasteiger partial charge in [-0.3, -0.25) is 14.9 Å². The SMILES string of the molecule is CC[C@H](C)[C@H](NC(=O)c1cccc([N+](=O)[O-])c1)C(=O)O. The maximum absolute atomic E-state index is 12.0. The molecule has 7 heteroatoms. The van der Waals surface area contributed by atoms with Gasteiger partial charge in [0.15, 0.2) is 0 Å². The topological polar surface area (TPSA) is 110 Å². The summed E-state index contributed by atoms with van der Waals surface area (Å²) in [6, 6.07) is 4.14. The molecule has 108 valence electrons. The van der Waals surface area contributed by atoms with E-state index in [-0.39, 0.29) is 17.2 Å². The normalized spacial score (nSPS) is 13.3. The third-order valence-electron chi connectivity index (χ3n) is 3.08. The predicted octanol–water partition coefficient (Wildman–Crippen LogP) is 1.82. The Balaban J connectivity index is 2.92. The highest BCUT2D eigenvalue weighted by atomic mass is 16.6. The molecule has 0 spiro atoms. The van der Waals surface area contributed by atoms with Crippen molar-refractivity contribution in [1.82, 2.24) is 5.32 Å². The molecule has 20 heavy (non-hydrogen) atoms. The van der Waals surface area contributed by atoms with Crippen LogP contribution in [0, 0.1) is 16.0 Å². The average molecular weight is 280 g/mol. The molecular weight excluding hydrogens is 264 g/mol. The van der Waals surface area contributed by atoms with Crippen LogP contribution in [-0.4, -0.2) is 27.9 Å². The van der Waals surface area contributed by atoms with Gasteiger partial charge in [0.25, 0.3) is 11.6 Å². The number of benzene rings is 1. The predicted molar refractivity (Wildman–Crippen MR) is 71.4 cm³/mol. The molecule has 1 amide bonds. The zero-order valence-corrected chi connectivity index (χ0v) is 11.2. The minimum absolute atomic E-state index is 0.0637. The second-order valence-corrected chi connectivity index (χ2v) is 4.48. The first-order valence-electron chi connectivity index (χ1n) is 6.15. The molecule has 0 heterocycles. The summed E-state index contributed by atoms with van der Waals surface area (Å²) in [7, 11) is 0. The lowest BCUT2D eigenvalue weighted by molar-refractivity contribution is -0.384. The Morgan fingerprint density at radius 3 is 2.60 bits per heavy atom. The van der Waals surface area contributed by atoms with Crippen LogP contribution in [0.1, 0.15) is 30.6 Å². The number of rotatable bonds is 6. The molecular formula is C13H16N2O5. The highest BCUT2D eigenvalue weighted by molar-refractivity contribution is 5.97. The Hall–Kier alpha value is -2.44. The standard InChI is InChI=1S/C13H16N2O5/c1-3-8(2)11(13(17)18)14-12(16)9-5-4-6-10(7-9)15(19)20/h4-8,11H,3H2,1-2H3,(H,14,16)(H,17,18)/t8-,11-/m0/s1. The van der Waals surface area contributed by atoms with Gasteiger partial charge in [0.2, 0.25) is 0 Å². The van der Waals surface area contributed by atoms with Gasteiger partial charge in [0.1, 0.15) is 6.04 Å². The molecule has 0 aliphatic carbocycles. The number of carboxylic acids is 1. The maximum Gasteiger partial charge on any atom is 0.326 e. The fraction of sp³-hybridized carbons (Fsp3) is 0.385. The lowest BCUT2D eigenvalue weighted by Gasteiger charge is -2.20. The lowest BCUT2D eigenvalue weighted by Crippen LogP contribution is -2.45. The number of amides is 1. The first-order valence-corrected chi connectivity index (χ1v) is 6.15. The molecule has 7 nitrogen and oxygen atoms in total. The summed E-state index contributed by atoms with van der Waals surface area (Å²) in [6.07, 6.45) is 0.589. The maximum atomic E-state index is 12.0. The van der Waals surface area contributed by atoms with Crippen LogP contribution in [0.2, 0.25) is 0 Å². The van der Waals surface area contributed by atoms with Gasteiger partial charge in [-0.25, -0.2) is 4.79 Å². The van der Waals surface area contributed by atoms with Gasteiger partial charge in [-0.1, -0.05) is 26.3 Å². The van der Waals surface area contributed by atoms with E-state index < -0.39 is 22.8 Å². The third kappa shape index (κ3) is 3.78. The van der Waals surface area contributed by atoms with Crippen molar-refractivity contribution < 1.29 is 19.6 Å². The molecule has 2 atom stereocenters. The van der Waals surface area contributed by atoms with Crippen molar-refractivity contribution in [1.29, 1.82) is 0 Å². The Bertz CT molecular complexity index is 529. The van der Waals surface area contributed by atoms with E-state index in [1.165, 1.54) is 18.2 Å². The van der Waals surface area contributed by atoms with Crippen molar-refractivity contribution in [2.24, 2.45) is 5.92 Å². The van der Waals surface area contributed by atoms with E-state index in [2.05, 4.69) is 5.32 Å². The molecule has 0 saturated heterocycles. The van der Waals surface area contributed by atoms with Crippen molar-refractivity contribution >= 4 is 17.6 Å². The number of nitrogens with one attached hydrogen (secondary N) is 1. The molecule has 0 fully saturated rings. The summed E-state index contributed by atoms with van der Waals surface area (Å²) in [6.45, 7) is 3.53. The summed E-state index contributed by atoms with van der Waals surface area (Å²) < 4.78 is 0. The molecule has 0 unspecified atom stereocenters. The van der Waals surface area contributed by atoms with Crippen LogP contribution in [0.25, 0.3) is 0 Å². The van der Waals surface area contributed by atoms with E-state index in [1.807, 2.05) is 6.92 Å². The third-order valence-corrected chi connectivity index (χ3v) is 3.08. The molecule has 1 aromatic carbocycles. The van der Waals surface area contributed by atoms with Crippen molar-refractivity contribution in [3.05, 3.63) is 39.9 Å². The largest absolute Gasteiger partial charge is 0.480 e. The summed E-state index contributed by atoms with van der Waals surface area (Å²) in [5.41, 5.74) is -0.151. The number of carbonyl (C=O) groups is 2. The number of nitro groups is 1. The summed E-state index contributed by atoms with van der Waals surface area (Å²) >= 11 is 0. The molecule has 0 aliphatic heterocycles. The zero-order valence-electron chi connectivity index (χ0n) is 11.2. The Morgan fingerprint density at radius 1 is 1.45 bits per heavy atom. The molecule has 0 aliphatic rings. The number of hydrogen-bond acceptors (Lipinski definition) is 4. The number of carbonyl (C=O) groups excluding carboxylic acids is 1. The van der Waals surface area contributed by atoms with Crippen molar-refractivity contribution in [3.63, 3.8) is 0 Å². The second-order valence-electron chi connectivity index (χ2n) is 4.48. The van der Waals surface area contributed by atoms with Gasteiger partial charge in [0, 0.05) is 17.7 Å². The molecule has 0 bridgehead atoms. The van der Waals surface area contributed by atoms with Gasteiger partial charge >= 0.3 is 5.97 Å². The van der Waals surface area contributed by atoms with E-state index in [9.17, 15) is 19.7 Å². The van der Waals surface area contributed by atoms with Gasteiger partial charge in [-0.2, -0.15) is 0 Å². The number of carboxylic acid groups (broad SMARTS) is 1. The summed E-state index contributed by atoms with van der Waals surface area (Å²) in [5.74, 6) is -2.00.